The lowest BCUT2D eigenvalue weighted by atomic mass is 10.0. The first kappa shape index (κ1) is 16.4. The van der Waals surface area contributed by atoms with Crippen molar-refractivity contribution in [2.24, 2.45) is 11.8 Å². The van der Waals surface area contributed by atoms with Crippen molar-refractivity contribution in [3.05, 3.63) is 66.1 Å². The van der Waals surface area contributed by atoms with Crippen LogP contribution in [-0.4, -0.2) is 37.0 Å². The largest absolute Gasteiger partial charge is 0.486 e. The van der Waals surface area contributed by atoms with Gasteiger partial charge in [0.25, 0.3) is 5.91 Å². The Labute approximate surface area is 157 Å². The summed E-state index contributed by atoms with van der Waals surface area (Å²) in [5.41, 5.74) is 0. The average Bonchev–Trinajstić information content (AvgIpc) is 3.41. The molecule has 0 saturated carbocycles. The van der Waals surface area contributed by atoms with E-state index in [1.54, 1.807) is 6.07 Å². The van der Waals surface area contributed by atoms with Crippen LogP contribution in [0.2, 0.25) is 0 Å². The lowest BCUT2D eigenvalue weighted by Crippen LogP contribution is -2.31. The predicted octanol–water partition coefficient (Wildman–Crippen LogP) is 3.30. The van der Waals surface area contributed by atoms with Gasteiger partial charge in [-0.2, -0.15) is 0 Å². The maximum atomic E-state index is 12.7. The summed E-state index contributed by atoms with van der Waals surface area (Å²) in [6.07, 6.45) is 0. The first-order valence-corrected chi connectivity index (χ1v) is 9.46. The highest BCUT2D eigenvalue weighted by molar-refractivity contribution is 5.91. The highest BCUT2D eigenvalue weighted by Gasteiger charge is 2.38. The number of carbonyl (C=O) groups is 1. The Morgan fingerprint density at radius 1 is 1.04 bits per heavy atom. The molecule has 1 aromatic heterocycles. The summed E-state index contributed by atoms with van der Waals surface area (Å²) >= 11 is 0. The van der Waals surface area contributed by atoms with E-state index in [4.69, 9.17) is 9.15 Å². The summed E-state index contributed by atoms with van der Waals surface area (Å²) in [6, 6.07) is 17.8. The molecule has 5 heteroatoms. The molecule has 3 heterocycles. The van der Waals surface area contributed by atoms with E-state index in [-0.39, 0.29) is 5.91 Å². The topological polar surface area (TPSA) is 54.7 Å². The van der Waals surface area contributed by atoms with Crippen molar-refractivity contribution in [3.63, 3.8) is 0 Å². The molecule has 0 radical (unpaired) electrons. The molecule has 5 nitrogen and oxygen atoms in total. The molecule has 0 spiro atoms. The molecule has 1 N–H and O–H groups in total. The Morgan fingerprint density at radius 2 is 1.81 bits per heavy atom. The molecule has 2 saturated heterocycles. The molecule has 0 bridgehead atoms. The van der Waals surface area contributed by atoms with E-state index in [0.717, 1.165) is 37.3 Å². The minimum Gasteiger partial charge on any atom is -0.486 e. The zero-order chi connectivity index (χ0) is 18.2. The summed E-state index contributed by atoms with van der Waals surface area (Å²) in [6.45, 7) is 3.97. The molecule has 2 fully saturated rings. The number of amides is 1. The van der Waals surface area contributed by atoms with Crippen molar-refractivity contribution >= 4 is 16.7 Å². The number of hydrogen-bond donors (Lipinski definition) is 1. The van der Waals surface area contributed by atoms with Gasteiger partial charge in [0, 0.05) is 26.2 Å². The van der Waals surface area contributed by atoms with Crippen LogP contribution in [0.15, 0.2) is 59.0 Å². The highest BCUT2D eigenvalue weighted by Crippen LogP contribution is 2.28. The van der Waals surface area contributed by atoms with E-state index in [1.807, 2.05) is 41.3 Å². The summed E-state index contributed by atoms with van der Waals surface area (Å²) in [4.78, 5) is 14.6. The van der Waals surface area contributed by atoms with Crippen LogP contribution in [-0.2, 0) is 6.61 Å². The third-order valence-electron chi connectivity index (χ3n) is 5.65. The SMILES string of the molecule is O=C(c1ccc(COc2ccc3ccccc3c2)o1)N1C[C@H]2CNC[C@H]2C1. The van der Waals surface area contributed by atoms with Gasteiger partial charge in [-0.15, -0.1) is 0 Å². The number of nitrogens with zero attached hydrogens (tertiary/aromatic N) is 1. The van der Waals surface area contributed by atoms with E-state index in [1.165, 1.54) is 5.39 Å². The fourth-order valence-corrected chi connectivity index (χ4v) is 4.16. The first-order chi connectivity index (χ1) is 13.3. The lowest BCUT2D eigenvalue weighted by Gasteiger charge is -2.15. The Morgan fingerprint density at radius 3 is 2.63 bits per heavy atom. The zero-order valence-electron chi connectivity index (χ0n) is 15.1. The van der Waals surface area contributed by atoms with E-state index in [2.05, 4.69) is 17.4 Å². The third-order valence-corrected chi connectivity index (χ3v) is 5.65. The Hall–Kier alpha value is -2.79. The second kappa shape index (κ2) is 6.74. The standard InChI is InChI=1S/C22H22N2O3/c25-22(24-12-17-10-23-11-18(17)13-24)21-8-7-20(27-21)14-26-19-6-5-15-3-1-2-4-16(15)9-19/h1-9,17-18,23H,10-14H2/t17-,18+. The van der Waals surface area contributed by atoms with E-state index in [0.29, 0.717) is 30.0 Å². The molecule has 2 atom stereocenters. The number of benzene rings is 2. The average molecular weight is 362 g/mol. The van der Waals surface area contributed by atoms with Crippen LogP contribution in [0.4, 0.5) is 0 Å². The number of fused-ring (bicyclic) bond motifs is 2. The van der Waals surface area contributed by atoms with Crippen LogP contribution in [0.3, 0.4) is 0 Å². The van der Waals surface area contributed by atoms with Gasteiger partial charge in [0.05, 0.1) is 0 Å². The molecule has 2 aliphatic rings. The maximum Gasteiger partial charge on any atom is 0.289 e. The molecule has 27 heavy (non-hydrogen) atoms. The second-order valence-electron chi connectivity index (χ2n) is 7.45. The van der Waals surface area contributed by atoms with Gasteiger partial charge in [0.2, 0.25) is 0 Å². The number of likely N-dealkylation sites (tertiary alicyclic amines) is 1. The van der Waals surface area contributed by atoms with Crippen molar-refractivity contribution in [3.8, 4) is 5.75 Å². The highest BCUT2D eigenvalue weighted by atomic mass is 16.5. The van der Waals surface area contributed by atoms with Gasteiger partial charge in [0.15, 0.2) is 5.76 Å². The molecule has 5 rings (SSSR count). The fourth-order valence-electron chi connectivity index (χ4n) is 4.16. The summed E-state index contributed by atoms with van der Waals surface area (Å²) in [5.74, 6) is 3.01. The van der Waals surface area contributed by atoms with Gasteiger partial charge in [-0.3, -0.25) is 4.79 Å². The number of hydrogen-bond acceptors (Lipinski definition) is 4. The van der Waals surface area contributed by atoms with Gasteiger partial charge < -0.3 is 19.4 Å². The van der Waals surface area contributed by atoms with Crippen LogP contribution in [0.5, 0.6) is 5.75 Å². The predicted molar refractivity (Wildman–Crippen MR) is 103 cm³/mol. The van der Waals surface area contributed by atoms with Crippen molar-refractivity contribution in [2.75, 3.05) is 26.2 Å². The Balaban J connectivity index is 1.23. The molecule has 3 aromatic rings. The molecule has 2 aliphatic heterocycles. The summed E-state index contributed by atoms with van der Waals surface area (Å²) < 4.78 is 11.6. The summed E-state index contributed by atoms with van der Waals surface area (Å²) in [5, 5.41) is 5.71. The van der Waals surface area contributed by atoms with Gasteiger partial charge >= 0.3 is 0 Å². The number of rotatable bonds is 4. The van der Waals surface area contributed by atoms with E-state index in [9.17, 15) is 4.79 Å². The molecular weight excluding hydrogens is 340 g/mol. The Bertz CT molecular complexity index is 968. The molecule has 0 unspecified atom stereocenters. The lowest BCUT2D eigenvalue weighted by molar-refractivity contribution is 0.0746. The third kappa shape index (κ3) is 3.19. The monoisotopic (exact) mass is 362 g/mol. The minimum atomic E-state index is -0.0126. The normalized spacial score (nSPS) is 21.6. The van der Waals surface area contributed by atoms with Crippen LogP contribution < -0.4 is 10.1 Å². The second-order valence-corrected chi connectivity index (χ2v) is 7.45. The summed E-state index contributed by atoms with van der Waals surface area (Å²) in [7, 11) is 0. The maximum absolute atomic E-state index is 12.7. The number of furan rings is 1. The van der Waals surface area contributed by atoms with Crippen molar-refractivity contribution in [1.82, 2.24) is 10.2 Å². The van der Waals surface area contributed by atoms with Gasteiger partial charge in [-0.25, -0.2) is 0 Å². The number of carbonyl (C=O) groups excluding carboxylic acids is 1. The van der Waals surface area contributed by atoms with Crippen LogP contribution >= 0.6 is 0 Å². The van der Waals surface area contributed by atoms with Crippen LogP contribution in [0, 0.1) is 11.8 Å². The van der Waals surface area contributed by atoms with Crippen LogP contribution in [0.25, 0.3) is 10.8 Å². The van der Waals surface area contributed by atoms with Crippen LogP contribution in [0.1, 0.15) is 16.3 Å². The molecule has 0 aliphatic carbocycles. The van der Waals surface area contributed by atoms with Gasteiger partial charge in [-0.05, 0) is 46.9 Å². The van der Waals surface area contributed by atoms with Gasteiger partial charge in [-0.1, -0.05) is 30.3 Å². The quantitative estimate of drug-likeness (QED) is 0.774. The molecule has 138 valence electrons. The number of nitrogens with one attached hydrogen (secondary N) is 1. The first-order valence-electron chi connectivity index (χ1n) is 9.46. The van der Waals surface area contributed by atoms with E-state index >= 15 is 0 Å². The molecular formula is C22H22N2O3. The van der Waals surface area contributed by atoms with Crippen molar-refractivity contribution in [1.29, 1.82) is 0 Å². The Kier molecular flexibility index (Phi) is 4.09. The van der Waals surface area contributed by atoms with E-state index < -0.39 is 0 Å². The minimum absolute atomic E-state index is 0.0126. The van der Waals surface area contributed by atoms with Crippen molar-refractivity contribution < 1.29 is 13.9 Å². The molecule has 2 aromatic carbocycles. The van der Waals surface area contributed by atoms with Gasteiger partial charge in [0.1, 0.15) is 18.1 Å². The zero-order valence-corrected chi connectivity index (χ0v) is 15.1. The molecule has 1 amide bonds. The van der Waals surface area contributed by atoms with Crippen molar-refractivity contribution in [2.45, 2.75) is 6.61 Å². The number of ether oxygens (including phenoxy) is 1. The fraction of sp³-hybridized carbons (Fsp3) is 0.318. The smallest absolute Gasteiger partial charge is 0.289 e.